The van der Waals surface area contributed by atoms with Crippen LogP contribution in [0.2, 0.25) is 0 Å². The number of carbonyl (C=O) groups excluding carboxylic acids is 1. The number of benzene rings is 1. The molecule has 2 heterocycles. The molecular formula is C13H13N3O3S. The molecule has 6 nitrogen and oxygen atoms in total. The summed E-state index contributed by atoms with van der Waals surface area (Å²) in [6, 6.07) is 4.36. The zero-order valence-electron chi connectivity index (χ0n) is 10.6. The van der Waals surface area contributed by atoms with Crippen LogP contribution < -0.4 is 5.32 Å². The Hall–Kier alpha value is -2.15. The van der Waals surface area contributed by atoms with E-state index >= 15 is 0 Å². The number of carboxylic acids is 1. The highest BCUT2D eigenvalue weighted by molar-refractivity contribution is 7.16. The number of urea groups is 1. The number of aromatic nitrogens is 1. The molecule has 0 saturated carbocycles. The van der Waals surface area contributed by atoms with Crippen LogP contribution >= 0.6 is 11.3 Å². The molecule has 20 heavy (non-hydrogen) atoms. The number of carbonyl (C=O) groups is 2. The van der Waals surface area contributed by atoms with Gasteiger partial charge in [0, 0.05) is 12.2 Å². The summed E-state index contributed by atoms with van der Waals surface area (Å²) >= 11 is 1.50. The topological polar surface area (TPSA) is 82.5 Å². The van der Waals surface area contributed by atoms with Crippen molar-refractivity contribution in [3.63, 3.8) is 0 Å². The Morgan fingerprint density at radius 3 is 3.10 bits per heavy atom. The molecule has 1 aliphatic heterocycles. The summed E-state index contributed by atoms with van der Waals surface area (Å²) in [5.74, 6) is -0.949. The normalized spacial score (nSPS) is 18.4. The van der Waals surface area contributed by atoms with Gasteiger partial charge in [-0.3, -0.25) is 0 Å². The molecule has 7 heteroatoms. The quantitative estimate of drug-likeness (QED) is 0.890. The van der Waals surface area contributed by atoms with E-state index in [-0.39, 0.29) is 6.03 Å². The first kappa shape index (κ1) is 12.9. The first-order valence-electron chi connectivity index (χ1n) is 6.29. The molecule has 1 aromatic heterocycles. The predicted octanol–water partition coefficient (Wildman–Crippen LogP) is 2.38. The first-order chi connectivity index (χ1) is 9.65. The lowest BCUT2D eigenvalue weighted by atomic mass is 10.2. The number of fused-ring (bicyclic) bond motifs is 1. The smallest absolute Gasteiger partial charge is 0.326 e. The van der Waals surface area contributed by atoms with Crippen molar-refractivity contribution >= 4 is 39.2 Å². The fourth-order valence-electron chi connectivity index (χ4n) is 2.39. The van der Waals surface area contributed by atoms with Gasteiger partial charge in [-0.15, -0.1) is 11.3 Å². The van der Waals surface area contributed by atoms with E-state index in [0.29, 0.717) is 18.7 Å². The van der Waals surface area contributed by atoms with Gasteiger partial charge in [-0.25, -0.2) is 14.6 Å². The summed E-state index contributed by atoms with van der Waals surface area (Å²) in [7, 11) is 0. The van der Waals surface area contributed by atoms with Crippen LogP contribution in [0.4, 0.5) is 10.5 Å². The van der Waals surface area contributed by atoms with Crippen molar-refractivity contribution in [3.05, 3.63) is 23.7 Å². The molecule has 3 rings (SSSR count). The van der Waals surface area contributed by atoms with Gasteiger partial charge in [-0.2, -0.15) is 0 Å². The van der Waals surface area contributed by atoms with Crippen LogP contribution in [0.3, 0.4) is 0 Å². The van der Waals surface area contributed by atoms with Crippen molar-refractivity contribution in [2.24, 2.45) is 0 Å². The number of anilines is 1. The van der Waals surface area contributed by atoms with Crippen LogP contribution in [0.25, 0.3) is 10.2 Å². The Morgan fingerprint density at radius 1 is 1.45 bits per heavy atom. The number of amides is 2. The van der Waals surface area contributed by atoms with Crippen molar-refractivity contribution in [2.45, 2.75) is 18.9 Å². The SMILES string of the molecule is O=C(O)[C@@H]1CCCN1C(=O)Nc1ccc2ncsc2c1. The number of carboxylic acid groups (broad SMARTS) is 1. The van der Waals surface area contributed by atoms with Crippen molar-refractivity contribution in [1.82, 2.24) is 9.88 Å². The number of rotatable bonds is 2. The zero-order chi connectivity index (χ0) is 14.1. The van der Waals surface area contributed by atoms with Gasteiger partial charge < -0.3 is 15.3 Å². The number of nitrogens with zero attached hydrogens (tertiary/aromatic N) is 2. The maximum atomic E-state index is 12.1. The predicted molar refractivity (Wildman–Crippen MR) is 76.0 cm³/mol. The van der Waals surface area contributed by atoms with E-state index in [0.717, 1.165) is 16.6 Å². The minimum absolute atomic E-state index is 0.362. The van der Waals surface area contributed by atoms with Crippen LogP contribution in [-0.2, 0) is 4.79 Å². The Labute approximate surface area is 119 Å². The molecule has 2 N–H and O–H groups in total. The second-order valence-electron chi connectivity index (χ2n) is 4.65. The summed E-state index contributed by atoms with van der Waals surface area (Å²) in [5.41, 5.74) is 3.29. The Kier molecular flexibility index (Phi) is 3.27. The lowest BCUT2D eigenvalue weighted by Gasteiger charge is -2.21. The van der Waals surface area contributed by atoms with Crippen LogP contribution in [0.1, 0.15) is 12.8 Å². The average Bonchev–Trinajstić information content (AvgIpc) is 3.06. The second-order valence-corrected chi connectivity index (χ2v) is 5.54. The summed E-state index contributed by atoms with van der Waals surface area (Å²) < 4.78 is 0.985. The number of hydrogen-bond donors (Lipinski definition) is 2. The van der Waals surface area contributed by atoms with Gasteiger partial charge in [0.15, 0.2) is 0 Å². The number of aliphatic carboxylic acids is 1. The van der Waals surface area contributed by atoms with Crippen LogP contribution in [-0.4, -0.2) is 39.6 Å². The lowest BCUT2D eigenvalue weighted by molar-refractivity contribution is -0.141. The van der Waals surface area contributed by atoms with Gasteiger partial charge in [-0.05, 0) is 31.0 Å². The zero-order valence-corrected chi connectivity index (χ0v) is 11.4. The fraction of sp³-hybridized carbons (Fsp3) is 0.308. The summed E-state index contributed by atoms with van der Waals surface area (Å²) in [4.78, 5) is 28.8. The van der Waals surface area contributed by atoms with E-state index in [4.69, 9.17) is 5.11 Å². The monoisotopic (exact) mass is 291 g/mol. The maximum absolute atomic E-state index is 12.1. The van der Waals surface area contributed by atoms with Gasteiger partial charge in [0.2, 0.25) is 0 Å². The molecular weight excluding hydrogens is 278 g/mol. The highest BCUT2D eigenvalue weighted by Crippen LogP contribution is 2.23. The van der Waals surface area contributed by atoms with E-state index in [2.05, 4.69) is 10.3 Å². The Morgan fingerprint density at radius 2 is 2.30 bits per heavy atom. The fourth-order valence-corrected chi connectivity index (χ4v) is 3.11. The third-order valence-electron chi connectivity index (χ3n) is 3.38. The largest absolute Gasteiger partial charge is 0.480 e. The van der Waals surface area contributed by atoms with Gasteiger partial charge in [0.05, 0.1) is 15.7 Å². The average molecular weight is 291 g/mol. The number of thiazole rings is 1. The molecule has 1 fully saturated rings. The van der Waals surface area contributed by atoms with E-state index in [9.17, 15) is 9.59 Å². The van der Waals surface area contributed by atoms with Crippen molar-refractivity contribution in [2.75, 3.05) is 11.9 Å². The van der Waals surface area contributed by atoms with E-state index in [1.54, 1.807) is 11.6 Å². The van der Waals surface area contributed by atoms with Crippen LogP contribution in [0.5, 0.6) is 0 Å². The molecule has 1 aromatic carbocycles. The standard InChI is InChI=1S/C13H13N3O3S/c17-12(18)10-2-1-5-16(10)13(19)15-8-3-4-9-11(6-8)20-7-14-9/h3-4,6-7,10H,1-2,5H2,(H,15,19)(H,17,18)/t10-/m0/s1. The van der Waals surface area contributed by atoms with E-state index < -0.39 is 12.0 Å². The molecule has 1 atom stereocenters. The Balaban J connectivity index is 1.76. The highest BCUT2D eigenvalue weighted by Gasteiger charge is 2.33. The van der Waals surface area contributed by atoms with Crippen molar-refractivity contribution in [3.8, 4) is 0 Å². The number of likely N-dealkylation sites (tertiary alicyclic amines) is 1. The Bertz CT molecular complexity index is 670. The molecule has 0 aliphatic carbocycles. The first-order valence-corrected chi connectivity index (χ1v) is 7.17. The third kappa shape index (κ3) is 2.32. The molecule has 2 amide bonds. The highest BCUT2D eigenvalue weighted by atomic mass is 32.1. The lowest BCUT2D eigenvalue weighted by Crippen LogP contribution is -2.42. The second kappa shape index (κ2) is 5.09. The molecule has 0 unspecified atom stereocenters. The summed E-state index contributed by atoms with van der Waals surface area (Å²) in [6.45, 7) is 0.478. The molecule has 1 aliphatic rings. The molecule has 1 saturated heterocycles. The molecule has 0 spiro atoms. The molecule has 2 aromatic rings. The van der Waals surface area contributed by atoms with Gasteiger partial charge >= 0.3 is 12.0 Å². The minimum Gasteiger partial charge on any atom is -0.480 e. The summed E-state index contributed by atoms with van der Waals surface area (Å²) in [6.07, 6.45) is 1.23. The molecule has 0 radical (unpaired) electrons. The van der Waals surface area contributed by atoms with E-state index in [1.165, 1.54) is 16.2 Å². The molecule has 104 valence electrons. The van der Waals surface area contributed by atoms with Crippen LogP contribution in [0.15, 0.2) is 23.7 Å². The van der Waals surface area contributed by atoms with Crippen molar-refractivity contribution in [1.29, 1.82) is 0 Å². The van der Waals surface area contributed by atoms with Crippen molar-refractivity contribution < 1.29 is 14.7 Å². The van der Waals surface area contributed by atoms with Gasteiger partial charge in [-0.1, -0.05) is 0 Å². The maximum Gasteiger partial charge on any atom is 0.326 e. The van der Waals surface area contributed by atoms with Gasteiger partial charge in [0.25, 0.3) is 0 Å². The third-order valence-corrected chi connectivity index (χ3v) is 4.17. The van der Waals surface area contributed by atoms with Crippen LogP contribution in [0, 0.1) is 0 Å². The number of nitrogens with one attached hydrogen (secondary N) is 1. The van der Waals surface area contributed by atoms with E-state index in [1.807, 2.05) is 12.1 Å². The minimum atomic E-state index is -0.949. The van der Waals surface area contributed by atoms with Gasteiger partial charge in [0.1, 0.15) is 6.04 Å². The number of hydrogen-bond acceptors (Lipinski definition) is 4. The summed E-state index contributed by atoms with van der Waals surface area (Å²) in [5, 5.41) is 11.8. The molecule has 0 bridgehead atoms.